The van der Waals surface area contributed by atoms with Crippen LogP contribution >= 0.6 is 27.5 Å². The van der Waals surface area contributed by atoms with Crippen molar-refractivity contribution in [1.29, 1.82) is 0 Å². The Balaban J connectivity index is 2.09. The van der Waals surface area contributed by atoms with Gasteiger partial charge in [0.05, 0.1) is 0 Å². The fourth-order valence-corrected chi connectivity index (χ4v) is 3.01. The van der Waals surface area contributed by atoms with Crippen molar-refractivity contribution in [3.8, 4) is 0 Å². The minimum absolute atomic E-state index is 0.731. The Labute approximate surface area is 104 Å². The Morgan fingerprint density at radius 1 is 1.47 bits per heavy atom. The molecule has 0 aliphatic carbocycles. The Morgan fingerprint density at radius 3 is 3.00 bits per heavy atom. The molecule has 1 saturated heterocycles. The van der Waals surface area contributed by atoms with Gasteiger partial charge in [-0.1, -0.05) is 33.6 Å². The average Bonchev–Trinajstić information content (AvgIpc) is 2.25. The summed E-state index contributed by atoms with van der Waals surface area (Å²) in [5.74, 6) is 0.731. The molecule has 0 spiro atoms. The molecule has 1 aromatic rings. The van der Waals surface area contributed by atoms with E-state index in [1.165, 1.54) is 24.9 Å². The molecule has 2 rings (SSSR count). The molecule has 1 unspecified atom stereocenters. The maximum absolute atomic E-state index is 6.20. The third-order valence-corrected chi connectivity index (χ3v) is 4.05. The molecule has 1 aliphatic heterocycles. The smallest absolute Gasteiger partial charge is 0.0449 e. The van der Waals surface area contributed by atoms with Gasteiger partial charge in [-0.15, -0.1) is 0 Å². The second-order valence-corrected chi connectivity index (χ2v) is 5.38. The van der Waals surface area contributed by atoms with Crippen molar-refractivity contribution < 1.29 is 0 Å². The Hall–Kier alpha value is -0.0500. The molecule has 0 radical (unpaired) electrons. The van der Waals surface area contributed by atoms with E-state index < -0.39 is 0 Å². The van der Waals surface area contributed by atoms with Gasteiger partial charge in [0.25, 0.3) is 0 Å². The van der Waals surface area contributed by atoms with Crippen LogP contribution in [0, 0.1) is 5.92 Å². The van der Waals surface area contributed by atoms with Gasteiger partial charge in [-0.3, -0.25) is 0 Å². The van der Waals surface area contributed by atoms with Gasteiger partial charge in [-0.05, 0) is 56.0 Å². The highest BCUT2D eigenvalue weighted by Gasteiger charge is 2.16. The first-order valence-corrected chi connectivity index (χ1v) is 6.58. The molecular formula is C12H15BrClN. The second kappa shape index (κ2) is 5.33. The van der Waals surface area contributed by atoms with Crippen molar-refractivity contribution >= 4 is 27.5 Å². The van der Waals surface area contributed by atoms with Crippen LogP contribution in [-0.4, -0.2) is 13.1 Å². The first kappa shape index (κ1) is 11.4. The zero-order chi connectivity index (χ0) is 10.7. The third-order valence-electron chi connectivity index (χ3n) is 2.95. The lowest BCUT2D eigenvalue weighted by atomic mass is 9.92. The first-order chi connectivity index (χ1) is 7.27. The van der Waals surface area contributed by atoms with Gasteiger partial charge in [-0.2, -0.15) is 0 Å². The van der Waals surface area contributed by atoms with Crippen molar-refractivity contribution in [3.63, 3.8) is 0 Å². The number of benzene rings is 1. The SMILES string of the molecule is Clc1cccc(Br)c1CC1CCCNC1. The van der Waals surface area contributed by atoms with Crippen LogP contribution in [0.25, 0.3) is 0 Å². The summed E-state index contributed by atoms with van der Waals surface area (Å²) in [6.45, 7) is 2.29. The highest BCUT2D eigenvalue weighted by molar-refractivity contribution is 9.10. The zero-order valence-electron chi connectivity index (χ0n) is 8.60. The molecule has 15 heavy (non-hydrogen) atoms. The van der Waals surface area contributed by atoms with Gasteiger partial charge in [0.15, 0.2) is 0 Å². The summed E-state index contributed by atoms with van der Waals surface area (Å²) >= 11 is 9.77. The number of hydrogen-bond acceptors (Lipinski definition) is 1. The van der Waals surface area contributed by atoms with Crippen LogP contribution in [0.1, 0.15) is 18.4 Å². The molecule has 1 nitrogen and oxygen atoms in total. The molecule has 0 aromatic heterocycles. The standard InChI is InChI=1S/C12H15BrClN/c13-11-4-1-5-12(14)10(11)7-9-3-2-6-15-8-9/h1,4-5,9,15H,2-3,6-8H2. The van der Waals surface area contributed by atoms with E-state index in [0.717, 1.165) is 28.4 Å². The van der Waals surface area contributed by atoms with E-state index in [9.17, 15) is 0 Å². The quantitative estimate of drug-likeness (QED) is 0.876. The minimum Gasteiger partial charge on any atom is -0.316 e. The molecule has 0 saturated carbocycles. The van der Waals surface area contributed by atoms with Crippen molar-refractivity contribution in [2.24, 2.45) is 5.92 Å². The van der Waals surface area contributed by atoms with Crippen LogP contribution in [0.4, 0.5) is 0 Å². The predicted molar refractivity (Wildman–Crippen MR) is 68.4 cm³/mol. The van der Waals surface area contributed by atoms with E-state index in [0.29, 0.717) is 0 Å². The molecule has 82 valence electrons. The number of halogens is 2. The van der Waals surface area contributed by atoms with Crippen LogP contribution in [-0.2, 0) is 6.42 Å². The van der Waals surface area contributed by atoms with Crippen LogP contribution in [0.15, 0.2) is 22.7 Å². The maximum atomic E-state index is 6.20. The van der Waals surface area contributed by atoms with Crippen LogP contribution in [0.5, 0.6) is 0 Å². The van der Waals surface area contributed by atoms with Crippen molar-refractivity contribution in [3.05, 3.63) is 33.3 Å². The number of rotatable bonds is 2. The summed E-state index contributed by atoms with van der Waals surface area (Å²) in [6.07, 6.45) is 3.67. The lowest BCUT2D eigenvalue weighted by Crippen LogP contribution is -2.30. The molecule has 1 atom stereocenters. The molecule has 1 aromatic carbocycles. The monoisotopic (exact) mass is 287 g/mol. The van der Waals surface area contributed by atoms with Crippen LogP contribution in [0.2, 0.25) is 5.02 Å². The Bertz CT molecular complexity index is 314. The lowest BCUT2D eigenvalue weighted by Gasteiger charge is -2.23. The number of nitrogens with one attached hydrogen (secondary N) is 1. The van der Waals surface area contributed by atoms with Gasteiger partial charge in [0, 0.05) is 9.50 Å². The summed E-state index contributed by atoms with van der Waals surface area (Å²) in [6, 6.07) is 6.02. The van der Waals surface area contributed by atoms with E-state index in [-0.39, 0.29) is 0 Å². The second-order valence-electron chi connectivity index (χ2n) is 4.12. The summed E-state index contributed by atoms with van der Waals surface area (Å²) in [5, 5.41) is 4.32. The van der Waals surface area contributed by atoms with Crippen LogP contribution < -0.4 is 5.32 Å². The summed E-state index contributed by atoms with van der Waals surface area (Å²) < 4.78 is 1.14. The molecule has 3 heteroatoms. The van der Waals surface area contributed by atoms with Crippen molar-refractivity contribution in [2.45, 2.75) is 19.3 Å². The van der Waals surface area contributed by atoms with E-state index in [4.69, 9.17) is 11.6 Å². The molecule has 0 amide bonds. The Kier molecular flexibility index (Phi) is 4.06. The first-order valence-electron chi connectivity index (χ1n) is 5.41. The summed E-state index contributed by atoms with van der Waals surface area (Å²) in [7, 11) is 0. The van der Waals surface area contributed by atoms with Crippen LogP contribution in [0.3, 0.4) is 0 Å². The normalized spacial score (nSPS) is 21.6. The topological polar surface area (TPSA) is 12.0 Å². The van der Waals surface area contributed by atoms with E-state index in [1.807, 2.05) is 12.1 Å². The van der Waals surface area contributed by atoms with Gasteiger partial charge in [0.2, 0.25) is 0 Å². The molecule has 1 N–H and O–H groups in total. The molecular weight excluding hydrogens is 273 g/mol. The minimum atomic E-state index is 0.731. The molecule has 1 heterocycles. The Morgan fingerprint density at radius 2 is 2.33 bits per heavy atom. The highest BCUT2D eigenvalue weighted by Crippen LogP contribution is 2.28. The maximum Gasteiger partial charge on any atom is 0.0449 e. The van der Waals surface area contributed by atoms with Gasteiger partial charge in [-0.25, -0.2) is 0 Å². The van der Waals surface area contributed by atoms with E-state index in [1.54, 1.807) is 0 Å². The average molecular weight is 289 g/mol. The largest absolute Gasteiger partial charge is 0.316 e. The summed E-state index contributed by atoms with van der Waals surface area (Å²) in [4.78, 5) is 0. The number of hydrogen-bond donors (Lipinski definition) is 1. The zero-order valence-corrected chi connectivity index (χ0v) is 10.9. The third kappa shape index (κ3) is 2.96. The number of piperidine rings is 1. The van der Waals surface area contributed by atoms with E-state index >= 15 is 0 Å². The van der Waals surface area contributed by atoms with E-state index in [2.05, 4.69) is 27.3 Å². The highest BCUT2D eigenvalue weighted by atomic mass is 79.9. The van der Waals surface area contributed by atoms with Crippen molar-refractivity contribution in [1.82, 2.24) is 5.32 Å². The molecule has 1 aliphatic rings. The fourth-order valence-electron chi connectivity index (χ4n) is 2.11. The molecule has 0 bridgehead atoms. The van der Waals surface area contributed by atoms with Crippen molar-refractivity contribution in [2.75, 3.05) is 13.1 Å². The van der Waals surface area contributed by atoms with Gasteiger partial charge >= 0.3 is 0 Å². The lowest BCUT2D eigenvalue weighted by molar-refractivity contribution is 0.376. The van der Waals surface area contributed by atoms with Gasteiger partial charge in [0.1, 0.15) is 0 Å². The summed E-state index contributed by atoms with van der Waals surface area (Å²) in [5.41, 5.74) is 1.26. The fraction of sp³-hybridized carbons (Fsp3) is 0.500. The predicted octanol–water partition coefficient (Wildman–Crippen LogP) is 3.64. The molecule has 1 fully saturated rings. The van der Waals surface area contributed by atoms with Gasteiger partial charge < -0.3 is 5.32 Å².